The highest BCUT2D eigenvalue weighted by atomic mass is 19.4. The summed E-state index contributed by atoms with van der Waals surface area (Å²) >= 11 is 0. The minimum absolute atomic E-state index is 0.214. The molecule has 0 aliphatic heterocycles. The van der Waals surface area contributed by atoms with Crippen LogP contribution in [0.1, 0.15) is 12.5 Å². The van der Waals surface area contributed by atoms with Gasteiger partial charge in [-0.2, -0.15) is 0 Å². The molecule has 0 spiro atoms. The molecule has 0 aromatic heterocycles. The molecule has 0 atom stereocenters. The summed E-state index contributed by atoms with van der Waals surface area (Å²) in [6.45, 7) is 1.86. The molecule has 0 saturated heterocycles. The van der Waals surface area contributed by atoms with Crippen molar-refractivity contribution in [3.8, 4) is 17.6 Å². The van der Waals surface area contributed by atoms with Gasteiger partial charge in [-0.05, 0) is 31.2 Å². The van der Waals surface area contributed by atoms with E-state index in [0.717, 1.165) is 12.1 Å². The summed E-state index contributed by atoms with van der Waals surface area (Å²) in [4.78, 5) is 10.9. The molecular formula is C12H9F3O3. The Morgan fingerprint density at radius 3 is 2.39 bits per heavy atom. The average molecular weight is 258 g/mol. The molecule has 0 fully saturated rings. The van der Waals surface area contributed by atoms with Crippen molar-refractivity contribution < 1.29 is 27.4 Å². The standard InChI is InChI=1S/C12H9F3O3/c1-2-17-11(16)8-5-9-3-6-10(7-4-9)18-12(13,14)15/h3-4,6-7H,2H2,1H3. The van der Waals surface area contributed by atoms with Gasteiger partial charge in [0, 0.05) is 11.5 Å². The average Bonchev–Trinajstić information content (AvgIpc) is 2.26. The number of esters is 1. The van der Waals surface area contributed by atoms with Gasteiger partial charge in [-0.3, -0.25) is 0 Å². The second-order valence-corrected chi connectivity index (χ2v) is 3.04. The van der Waals surface area contributed by atoms with Crippen LogP contribution in [0, 0.1) is 11.8 Å². The number of carbonyl (C=O) groups excluding carboxylic acids is 1. The minimum Gasteiger partial charge on any atom is -0.456 e. The smallest absolute Gasteiger partial charge is 0.456 e. The molecule has 96 valence electrons. The van der Waals surface area contributed by atoms with Crippen LogP contribution in [0.5, 0.6) is 5.75 Å². The zero-order valence-electron chi connectivity index (χ0n) is 9.38. The summed E-state index contributed by atoms with van der Waals surface area (Å²) in [7, 11) is 0. The van der Waals surface area contributed by atoms with E-state index in [0.29, 0.717) is 5.56 Å². The monoisotopic (exact) mass is 258 g/mol. The van der Waals surface area contributed by atoms with Crippen molar-refractivity contribution in [2.45, 2.75) is 13.3 Å². The molecule has 0 heterocycles. The molecular weight excluding hydrogens is 249 g/mol. The van der Waals surface area contributed by atoms with Crippen LogP contribution in [0.25, 0.3) is 0 Å². The van der Waals surface area contributed by atoms with Gasteiger partial charge < -0.3 is 9.47 Å². The highest BCUT2D eigenvalue weighted by Gasteiger charge is 2.30. The van der Waals surface area contributed by atoms with Gasteiger partial charge in [0.1, 0.15) is 5.75 Å². The maximum atomic E-state index is 11.9. The maximum absolute atomic E-state index is 11.9. The fourth-order valence-corrected chi connectivity index (χ4v) is 1.03. The van der Waals surface area contributed by atoms with Crippen molar-refractivity contribution in [2.24, 2.45) is 0 Å². The Morgan fingerprint density at radius 1 is 1.28 bits per heavy atom. The number of hydrogen-bond donors (Lipinski definition) is 0. The van der Waals surface area contributed by atoms with Gasteiger partial charge in [0.05, 0.1) is 6.61 Å². The molecule has 6 heteroatoms. The Labute approximate surface area is 102 Å². The second-order valence-electron chi connectivity index (χ2n) is 3.04. The Morgan fingerprint density at radius 2 is 1.89 bits per heavy atom. The summed E-state index contributed by atoms with van der Waals surface area (Å²) in [5.74, 6) is 3.62. The lowest BCUT2D eigenvalue weighted by molar-refractivity contribution is -0.274. The fourth-order valence-electron chi connectivity index (χ4n) is 1.03. The molecule has 0 amide bonds. The van der Waals surface area contributed by atoms with E-state index in [1.54, 1.807) is 6.92 Å². The first kappa shape index (κ1) is 13.9. The number of ether oxygens (including phenoxy) is 2. The second kappa shape index (κ2) is 5.96. The Kier molecular flexibility index (Phi) is 4.60. The predicted octanol–water partition coefficient (Wildman–Crippen LogP) is 2.50. The maximum Gasteiger partial charge on any atom is 0.573 e. The van der Waals surface area contributed by atoms with Gasteiger partial charge in [0.25, 0.3) is 0 Å². The number of benzene rings is 1. The van der Waals surface area contributed by atoms with Crippen LogP contribution in [-0.2, 0) is 9.53 Å². The fraction of sp³-hybridized carbons (Fsp3) is 0.250. The number of alkyl halides is 3. The lowest BCUT2D eigenvalue weighted by atomic mass is 10.2. The van der Waals surface area contributed by atoms with Crippen molar-refractivity contribution in [1.29, 1.82) is 0 Å². The van der Waals surface area contributed by atoms with E-state index < -0.39 is 12.3 Å². The molecule has 0 bridgehead atoms. The van der Waals surface area contributed by atoms with Crippen molar-refractivity contribution in [3.63, 3.8) is 0 Å². The Hall–Kier alpha value is -2.16. The van der Waals surface area contributed by atoms with E-state index >= 15 is 0 Å². The zero-order chi connectivity index (χ0) is 13.6. The summed E-state index contributed by atoms with van der Waals surface area (Å²) in [5.41, 5.74) is 0.387. The first-order valence-corrected chi connectivity index (χ1v) is 4.95. The molecule has 1 aromatic carbocycles. The first-order chi connectivity index (χ1) is 8.40. The highest BCUT2D eigenvalue weighted by Crippen LogP contribution is 2.22. The Bertz CT molecular complexity index is 466. The SMILES string of the molecule is CCOC(=O)C#Cc1ccc(OC(F)(F)F)cc1. The summed E-state index contributed by atoms with van der Waals surface area (Å²) in [6.07, 6.45) is -4.72. The lowest BCUT2D eigenvalue weighted by Crippen LogP contribution is -2.16. The topological polar surface area (TPSA) is 35.5 Å². The molecule has 0 aliphatic carbocycles. The third kappa shape index (κ3) is 5.25. The van der Waals surface area contributed by atoms with Crippen LogP contribution in [-0.4, -0.2) is 18.9 Å². The normalized spacial score (nSPS) is 10.2. The molecule has 0 radical (unpaired) electrons. The van der Waals surface area contributed by atoms with Gasteiger partial charge >= 0.3 is 12.3 Å². The van der Waals surface area contributed by atoms with Gasteiger partial charge in [-0.1, -0.05) is 5.92 Å². The van der Waals surface area contributed by atoms with Crippen LogP contribution >= 0.6 is 0 Å². The van der Waals surface area contributed by atoms with Crippen LogP contribution in [0.4, 0.5) is 13.2 Å². The minimum atomic E-state index is -4.72. The molecule has 0 N–H and O–H groups in total. The number of rotatable bonds is 2. The van der Waals surface area contributed by atoms with E-state index in [2.05, 4.69) is 21.3 Å². The van der Waals surface area contributed by atoms with Crippen molar-refractivity contribution in [2.75, 3.05) is 6.61 Å². The first-order valence-electron chi connectivity index (χ1n) is 4.95. The van der Waals surface area contributed by atoms with Gasteiger partial charge in [-0.15, -0.1) is 13.2 Å². The molecule has 0 saturated carbocycles. The lowest BCUT2D eigenvalue weighted by Gasteiger charge is -2.07. The van der Waals surface area contributed by atoms with Gasteiger partial charge in [0.2, 0.25) is 0 Å². The Balaban J connectivity index is 2.69. The summed E-state index contributed by atoms with van der Waals surface area (Å²) in [6, 6.07) is 4.85. The van der Waals surface area contributed by atoms with E-state index in [1.165, 1.54) is 12.1 Å². The van der Waals surface area contributed by atoms with Crippen LogP contribution < -0.4 is 4.74 Å². The molecule has 3 nitrogen and oxygen atoms in total. The van der Waals surface area contributed by atoms with Gasteiger partial charge in [-0.25, -0.2) is 4.79 Å². The van der Waals surface area contributed by atoms with Crippen molar-refractivity contribution in [1.82, 2.24) is 0 Å². The highest BCUT2D eigenvalue weighted by molar-refractivity contribution is 5.89. The largest absolute Gasteiger partial charge is 0.573 e. The van der Waals surface area contributed by atoms with E-state index in [1.807, 2.05) is 0 Å². The molecule has 18 heavy (non-hydrogen) atoms. The predicted molar refractivity (Wildman–Crippen MR) is 56.6 cm³/mol. The van der Waals surface area contributed by atoms with Gasteiger partial charge in [0.15, 0.2) is 0 Å². The van der Waals surface area contributed by atoms with Crippen LogP contribution in [0.2, 0.25) is 0 Å². The number of hydrogen-bond acceptors (Lipinski definition) is 3. The quantitative estimate of drug-likeness (QED) is 0.604. The summed E-state index contributed by atoms with van der Waals surface area (Å²) < 4.78 is 43.9. The van der Waals surface area contributed by atoms with E-state index in [9.17, 15) is 18.0 Å². The molecule has 0 unspecified atom stereocenters. The van der Waals surface area contributed by atoms with E-state index in [4.69, 9.17) is 0 Å². The molecule has 1 aromatic rings. The zero-order valence-corrected chi connectivity index (χ0v) is 9.38. The van der Waals surface area contributed by atoms with Crippen LogP contribution in [0.3, 0.4) is 0 Å². The summed E-state index contributed by atoms with van der Waals surface area (Å²) in [5, 5.41) is 0. The molecule has 0 aliphatic rings. The number of carbonyl (C=O) groups is 1. The van der Waals surface area contributed by atoms with Crippen LogP contribution in [0.15, 0.2) is 24.3 Å². The number of halogens is 3. The third-order valence-corrected chi connectivity index (χ3v) is 1.67. The van der Waals surface area contributed by atoms with E-state index in [-0.39, 0.29) is 12.4 Å². The van der Waals surface area contributed by atoms with Crippen molar-refractivity contribution >= 4 is 5.97 Å². The van der Waals surface area contributed by atoms with Crippen molar-refractivity contribution in [3.05, 3.63) is 29.8 Å². The third-order valence-electron chi connectivity index (χ3n) is 1.67. The molecule has 1 rings (SSSR count).